The molecule has 1 heterocycles. The van der Waals surface area contributed by atoms with Gasteiger partial charge in [0.15, 0.2) is 6.10 Å². The molecule has 1 N–H and O–H groups in total. The van der Waals surface area contributed by atoms with Crippen molar-refractivity contribution in [2.75, 3.05) is 11.6 Å². The number of rotatable bonds is 4. The third-order valence-electron chi connectivity index (χ3n) is 2.92. The zero-order chi connectivity index (χ0) is 14.7. The number of benzene rings is 1. The molecule has 0 spiro atoms. The standard InChI is InChI=1S/C13H14FNO4S/c1-8(19-10-4-2-9(14)3-5-10)12(16)15-7-20-6-11(15)13(17)18/h2-5,8,11H,6-7H2,1H3,(H,17,18)/t8?,11-/m0/s1. The molecule has 1 aliphatic rings. The molecule has 20 heavy (non-hydrogen) atoms. The molecule has 0 aromatic heterocycles. The highest BCUT2D eigenvalue weighted by atomic mass is 32.2. The van der Waals surface area contributed by atoms with E-state index in [0.717, 1.165) is 0 Å². The highest BCUT2D eigenvalue weighted by molar-refractivity contribution is 7.99. The van der Waals surface area contributed by atoms with Crippen molar-refractivity contribution in [1.29, 1.82) is 0 Å². The molecule has 1 saturated heterocycles. The highest BCUT2D eigenvalue weighted by Gasteiger charge is 2.37. The molecular formula is C13H14FNO4S. The van der Waals surface area contributed by atoms with Gasteiger partial charge in [0, 0.05) is 5.75 Å². The summed E-state index contributed by atoms with van der Waals surface area (Å²) < 4.78 is 18.2. The summed E-state index contributed by atoms with van der Waals surface area (Å²) in [7, 11) is 0. The number of amides is 1. The van der Waals surface area contributed by atoms with Crippen LogP contribution in [0.2, 0.25) is 0 Å². The van der Waals surface area contributed by atoms with Crippen molar-refractivity contribution in [3.05, 3.63) is 30.1 Å². The minimum absolute atomic E-state index is 0.340. The zero-order valence-electron chi connectivity index (χ0n) is 10.8. The van der Waals surface area contributed by atoms with Crippen LogP contribution in [0.15, 0.2) is 24.3 Å². The van der Waals surface area contributed by atoms with Gasteiger partial charge in [-0.3, -0.25) is 4.79 Å². The lowest BCUT2D eigenvalue weighted by Crippen LogP contribution is -2.47. The monoisotopic (exact) mass is 299 g/mol. The normalized spacial score (nSPS) is 19.7. The van der Waals surface area contributed by atoms with Gasteiger partial charge in [-0.1, -0.05) is 0 Å². The van der Waals surface area contributed by atoms with Crippen LogP contribution in [0.1, 0.15) is 6.92 Å². The van der Waals surface area contributed by atoms with Crippen LogP contribution >= 0.6 is 11.8 Å². The molecule has 108 valence electrons. The third kappa shape index (κ3) is 3.22. The second-order valence-corrected chi connectivity index (χ2v) is 5.38. The van der Waals surface area contributed by atoms with Gasteiger partial charge in [0.05, 0.1) is 5.88 Å². The van der Waals surface area contributed by atoms with Crippen molar-refractivity contribution in [3.63, 3.8) is 0 Å². The molecule has 2 atom stereocenters. The van der Waals surface area contributed by atoms with Gasteiger partial charge in [-0.25, -0.2) is 9.18 Å². The molecule has 0 bridgehead atoms. The first kappa shape index (κ1) is 14.6. The first-order chi connectivity index (χ1) is 9.49. The van der Waals surface area contributed by atoms with Crippen LogP contribution in [-0.2, 0) is 9.59 Å². The Hall–Kier alpha value is -1.76. The Morgan fingerprint density at radius 1 is 1.45 bits per heavy atom. The summed E-state index contributed by atoms with van der Waals surface area (Å²) in [5.41, 5.74) is 0. The van der Waals surface area contributed by atoms with Gasteiger partial charge < -0.3 is 14.7 Å². The average Bonchev–Trinajstić information content (AvgIpc) is 2.90. The van der Waals surface area contributed by atoms with Gasteiger partial charge in [-0.2, -0.15) is 0 Å². The van der Waals surface area contributed by atoms with Crippen LogP contribution in [0.4, 0.5) is 4.39 Å². The summed E-state index contributed by atoms with van der Waals surface area (Å²) >= 11 is 1.39. The van der Waals surface area contributed by atoms with Crippen molar-refractivity contribution in [2.45, 2.75) is 19.1 Å². The number of carbonyl (C=O) groups is 2. The number of carbonyl (C=O) groups excluding carboxylic acids is 1. The maximum absolute atomic E-state index is 12.8. The Bertz CT molecular complexity index is 508. The zero-order valence-corrected chi connectivity index (χ0v) is 11.6. The Labute approximate surface area is 119 Å². The van der Waals surface area contributed by atoms with E-state index in [0.29, 0.717) is 17.4 Å². The van der Waals surface area contributed by atoms with E-state index in [1.165, 1.54) is 40.9 Å². The van der Waals surface area contributed by atoms with Crippen LogP contribution in [-0.4, -0.2) is 45.7 Å². The van der Waals surface area contributed by atoms with E-state index >= 15 is 0 Å². The SMILES string of the molecule is CC(Oc1ccc(F)cc1)C(=O)N1CSC[C@H]1C(=O)O. The predicted molar refractivity (Wildman–Crippen MR) is 72.1 cm³/mol. The van der Waals surface area contributed by atoms with Crippen molar-refractivity contribution < 1.29 is 23.8 Å². The fourth-order valence-corrected chi connectivity index (χ4v) is 3.02. The molecule has 1 fully saturated rings. The van der Waals surface area contributed by atoms with Gasteiger partial charge >= 0.3 is 5.97 Å². The molecule has 1 unspecified atom stereocenters. The Kier molecular flexibility index (Phi) is 4.49. The summed E-state index contributed by atoms with van der Waals surface area (Å²) in [5.74, 6) is -0.703. The van der Waals surface area contributed by atoms with E-state index in [1.54, 1.807) is 6.92 Å². The van der Waals surface area contributed by atoms with E-state index in [9.17, 15) is 14.0 Å². The highest BCUT2D eigenvalue weighted by Crippen LogP contribution is 2.23. The number of ether oxygens (including phenoxy) is 1. The van der Waals surface area contributed by atoms with Gasteiger partial charge in [0.2, 0.25) is 0 Å². The molecule has 0 saturated carbocycles. The fourth-order valence-electron chi connectivity index (χ4n) is 1.87. The number of thioether (sulfide) groups is 1. The smallest absolute Gasteiger partial charge is 0.327 e. The minimum atomic E-state index is -1.02. The molecule has 1 aromatic rings. The van der Waals surface area contributed by atoms with E-state index in [2.05, 4.69) is 0 Å². The first-order valence-corrected chi connectivity index (χ1v) is 7.18. The number of halogens is 1. The van der Waals surface area contributed by atoms with E-state index in [-0.39, 0.29) is 5.91 Å². The number of aliphatic carboxylic acids is 1. The summed E-state index contributed by atoms with van der Waals surface area (Å²) in [4.78, 5) is 24.5. The number of hydrogen-bond acceptors (Lipinski definition) is 4. The first-order valence-electron chi connectivity index (χ1n) is 6.02. The van der Waals surface area contributed by atoms with Gasteiger partial charge in [0.25, 0.3) is 5.91 Å². The molecule has 7 heteroatoms. The molecule has 1 aliphatic heterocycles. The summed E-state index contributed by atoms with van der Waals surface area (Å²) in [6, 6.07) is 4.50. The molecule has 1 aromatic carbocycles. The average molecular weight is 299 g/mol. The minimum Gasteiger partial charge on any atom is -0.481 e. The van der Waals surface area contributed by atoms with Crippen molar-refractivity contribution >= 4 is 23.6 Å². The number of carboxylic acid groups (broad SMARTS) is 1. The largest absolute Gasteiger partial charge is 0.481 e. The van der Waals surface area contributed by atoms with E-state index in [1.807, 2.05) is 0 Å². The topological polar surface area (TPSA) is 66.8 Å². The van der Waals surface area contributed by atoms with Crippen LogP contribution in [0.5, 0.6) is 5.75 Å². The van der Waals surface area contributed by atoms with Crippen LogP contribution in [0.3, 0.4) is 0 Å². The molecule has 5 nitrogen and oxygen atoms in total. The number of nitrogens with zero attached hydrogens (tertiary/aromatic N) is 1. The summed E-state index contributed by atoms with van der Waals surface area (Å²) in [5, 5.41) is 9.04. The fraction of sp³-hybridized carbons (Fsp3) is 0.385. The van der Waals surface area contributed by atoms with Crippen molar-refractivity contribution in [2.24, 2.45) is 0 Å². The molecular weight excluding hydrogens is 285 g/mol. The van der Waals surface area contributed by atoms with Crippen molar-refractivity contribution in [3.8, 4) is 5.75 Å². The third-order valence-corrected chi connectivity index (χ3v) is 3.94. The van der Waals surface area contributed by atoms with E-state index < -0.39 is 23.9 Å². The molecule has 1 amide bonds. The van der Waals surface area contributed by atoms with Crippen LogP contribution in [0.25, 0.3) is 0 Å². The maximum atomic E-state index is 12.8. The Morgan fingerprint density at radius 2 is 2.10 bits per heavy atom. The second kappa shape index (κ2) is 6.13. The summed E-state index contributed by atoms with van der Waals surface area (Å²) in [6.45, 7) is 1.55. The van der Waals surface area contributed by atoms with Gasteiger partial charge in [-0.15, -0.1) is 11.8 Å². The van der Waals surface area contributed by atoms with Crippen LogP contribution in [0, 0.1) is 5.82 Å². The number of carboxylic acids is 1. The van der Waals surface area contributed by atoms with Gasteiger partial charge in [-0.05, 0) is 31.2 Å². The molecule has 2 rings (SSSR count). The predicted octanol–water partition coefficient (Wildman–Crippen LogP) is 1.58. The maximum Gasteiger partial charge on any atom is 0.327 e. The number of hydrogen-bond donors (Lipinski definition) is 1. The van der Waals surface area contributed by atoms with Gasteiger partial charge in [0.1, 0.15) is 17.6 Å². The lowest BCUT2D eigenvalue weighted by Gasteiger charge is -2.24. The summed E-state index contributed by atoms with van der Waals surface area (Å²) in [6.07, 6.45) is -0.819. The molecule has 0 aliphatic carbocycles. The Morgan fingerprint density at radius 3 is 2.70 bits per heavy atom. The Balaban J connectivity index is 2.01. The van der Waals surface area contributed by atoms with Crippen LogP contribution < -0.4 is 4.74 Å². The molecule has 0 radical (unpaired) electrons. The van der Waals surface area contributed by atoms with Crippen molar-refractivity contribution in [1.82, 2.24) is 4.90 Å². The quantitative estimate of drug-likeness (QED) is 0.914. The lowest BCUT2D eigenvalue weighted by atomic mass is 10.2. The van der Waals surface area contributed by atoms with E-state index in [4.69, 9.17) is 9.84 Å². The lowest BCUT2D eigenvalue weighted by molar-refractivity contribution is -0.150. The second-order valence-electron chi connectivity index (χ2n) is 4.38.